The molecule has 0 aliphatic carbocycles. The Labute approximate surface area is 293 Å². The van der Waals surface area contributed by atoms with Gasteiger partial charge in [0.1, 0.15) is 24.9 Å². The van der Waals surface area contributed by atoms with E-state index in [0.717, 1.165) is 11.1 Å². The third kappa shape index (κ3) is 14.7. The van der Waals surface area contributed by atoms with Crippen LogP contribution in [0.25, 0.3) is 0 Å². The first-order valence-electron chi connectivity index (χ1n) is 17.0. The van der Waals surface area contributed by atoms with Crippen LogP contribution in [0.2, 0.25) is 0 Å². The average molecular weight is 698 g/mol. The summed E-state index contributed by atoms with van der Waals surface area (Å²) < 4.78 is 16.0. The number of carbonyl (C=O) groups is 5. The van der Waals surface area contributed by atoms with Gasteiger partial charge in [-0.1, -0.05) is 60.7 Å². The van der Waals surface area contributed by atoms with E-state index in [4.69, 9.17) is 14.2 Å². The molecule has 50 heavy (non-hydrogen) atoms. The summed E-state index contributed by atoms with van der Waals surface area (Å²) in [5.74, 6) is -1.42. The highest BCUT2D eigenvalue weighted by molar-refractivity contribution is 5.89. The maximum atomic E-state index is 13.8. The second-order valence-electron chi connectivity index (χ2n) is 13.0. The summed E-state index contributed by atoms with van der Waals surface area (Å²) in [5.41, 5.74) is 0.978. The highest BCUT2D eigenvalue weighted by Crippen LogP contribution is 2.20. The monoisotopic (exact) mass is 697 g/mol. The quantitative estimate of drug-likeness (QED) is 0.151. The van der Waals surface area contributed by atoms with Gasteiger partial charge in [-0.15, -0.1) is 0 Å². The average Bonchev–Trinajstić information content (AvgIpc) is 3.10. The lowest BCUT2D eigenvalue weighted by Gasteiger charge is -2.34. The molecule has 0 aromatic heterocycles. The number of carbonyl (C=O) groups excluding carboxylic acids is 5. The van der Waals surface area contributed by atoms with Crippen LogP contribution in [0.3, 0.4) is 0 Å². The lowest BCUT2D eigenvalue weighted by molar-refractivity contribution is -0.138. The maximum Gasteiger partial charge on any atom is 0.410 e. The van der Waals surface area contributed by atoms with E-state index in [1.54, 1.807) is 20.8 Å². The third-order valence-corrected chi connectivity index (χ3v) is 7.76. The lowest BCUT2D eigenvalue weighted by atomic mass is 9.96. The molecule has 2 aromatic rings. The third-order valence-electron chi connectivity index (χ3n) is 7.76. The first-order chi connectivity index (χ1) is 23.9. The summed E-state index contributed by atoms with van der Waals surface area (Å²) in [5, 5.41) is 17.9. The van der Waals surface area contributed by atoms with Crippen molar-refractivity contribution in [2.75, 3.05) is 45.9 Å². The molecule has 3 rings (SSSR count). The van der Waals surface area contributed by atoms with Gasteiger partial charge in [-0.3, -0.25) is 9.59 Å². The number of ether oxygens (including phenoxy) is 3. The molecule has 5 amide bonds. The Morgan fingerprint density at radius 2 is 1.46 bits per heavy atom. The summed E-state index contributed by atoms with van der Waals surface area (Å²) in [7, 11) is 0. The molecule has 2 aromatic carbocycles. The van der Waals surface area contributed by atoms with E-state index in [1.807, 2.05) is 60.7 Å². The first kappa shape index (κ1) is 39.6. The minimum atomic E-state index is -1.00. The van der Waals surface area contributed by atoms with Crippen molar-refractivity contribution in [3.05, 3.63) is 71.8 Å². The number of rotatable bonds is 16. The van der Waals surface area contributed by atoms with Gasteiger partial charge >= 0.3 is 18.3 Å². The van der Waals surface area contributed by atoms with Crippen molar-refractivity contribution in [1.82, 2.24) is 25.8 Å². The Balaban J connectivity index is 1.59. The number of hydrogen-bond acceptors (Lipinski definition) is 9. The maximum absolute atomic E-state index is 13.8. The zero-order chi connectivity index (χ0) is 36.4. The molecule has 2 atom stereocenters. The largest absolute Gasteiger partial charge is 0.445 e. The normalized spacial score (nSPS) is 14.9. The van der Waals surface area contributed by atoms with Crippen molar-refractivity contribution in [2.45, 2.75) is 71.3 Å². The zero-order valence-corrected chi connectivity index (χ0v) is 29.2. The van der Waals surface area contributed by atoms with Gasteiger partial charge in [0.15, 0.2) is 0 Å². The molecule has 1 aliphatic rings. The second kappa shape index (κ2) is 20.6. The van der Waals surface area contributed by atoms with E-state index in [0.29, 0.717) is 25.8 Å². The predicted molar refractivity (Wildman–Crippen MR) is 185 cm³/mol. The van der Waals surface area contributed by atoms with E-state index in [1.165, 1.54) is 9.80 Å². The smallest absolute Gasteiger partial charge is 0.410 e. The van der Waals surface area contributed by atoms with Gasteiger partial charge in [0.05, 0.1) is 12.5 Å². The Morgan fingerprint density at radius 1 is 0.880 bits per heavy atom. The van der Waals surface area contributed by atoms with Crippen LogP contribution < -0.4 is 16.0 Å². The standard InChI is InChI=1S/C36H51N5O9/c1-36(2,3)50-35(47)41-20-11-16-29(24-41)31(43)39-30(17-10-18-37-33(45)48-25-27-12-6-4-7-13-27)32(44)40(22-23-42)21-19-38-34(46)49-26-28-14-8-5-9-15-28/h4-9,12-15,29-30,42H,10-11,16-26H2,1-3H3,(H,37,45)(H,38,46)(H,39,43)/t29?,30-/m0/s1. The van der Waals surface area contributed by atoms with Gasteiger partial charge in [-0.25, -0.2) is 14.4 Å². The van der Waals surface area contributed by atoms with E-state index >= 15 is 0 Å². The van der Waals surface area contributed by atoms with E-state index in [9.17, 15) is 29.1 Å². The van der Waals surface area contributed by atoms with Gasteiger partial charge in [-0.2, -0.15) is 0 Å². The minimum absolute atomic E-state index is 0.0359. The predicted octanol–water partition coefficient (Wildman–Crippen LogP) is 3.57. The Kier molecular flexibility index (Phi) is 16.3. The molecule has 1 unspecified atom stereocenters. The topological polar surface area (TPSA) is 176 Å². The fourth-order valence-corrected chi connectivity index (χ4v) is 5.24. The van der Waals surface area contributed by atoms with Crippen molar-refractivity contribution >= 4 is 30.1 Å². The SMILES string of the molecule is CC(C)(C)OC(=O)N1CCCC(C(=O)N[C@@H](CCCNC(=O)OCc2ccccc2)C(=O)N(CCO)CCNC(=O)OCc2ccccc2)C1. The van der Waals surface area contributed by atoms with E-state index < -0.39 is 47.7 Å². The van der Waals surface area contributed by atoms with Crippen LogP contribution in [0.5, 0.6) is 0 Å². The van der Waals surface area contributed by atoms with Crippen LogP contribution >= 0.6 is 0 Å². The number of nitrogens with one attached hydrogen (secondary N) is 3. The molecule has 0 spiro atoms. The summed E-state index contributed by atoms with van der Waals surface area (Å²) in [6.45, 7) is 6.00. The number of piperidine rings is 1. The summed E-state index contributed by atoms with van der Waals surface area (Å²) in [4.78, 5) is 67.4. The fraction of sp³-hybridized carbons (Fsp3) is 0.528. The lowest BCUT2D eigenvalue weighted by Crippen LogP contribution is -2.54. The number of benzene rings is 2. The van der Waals surface area contributed by atoms with Crippen LogP contribution in [0.15, 0.2) is 60.7 Å². The molecular weight excluding hydrogens is 646 g/mol. The van der Waals surface area contributed by atoms with Gasteiger partial charge in [0, 0.05) is 39.3 Å². The van der Waals surface area contributed by atoms with Gasteiger partial charge in [0.25, 0.3) is 0 Å². The van der Waals surface area contributed by atoms with Crippen molar-refractivity contribution in [1.29, 1.82) is 0 Å². The summed E-state index contributed by atoms with van der Waals surface area (Å²) in [6.07, 6.45) is -0.172. The van der Waals surface area contributed by atoms with Crippen LogP contribution in [0, 0.1) is 5.92 Å². The van der Waals surface area contributed by atoms with E-state index in [2.05, 4.69) is 16.0 Å². The number of aliphatic hydroxyl groups excluding tert-OH is 1. The molecule has 4 N–H and O–H groups in total. The summed E-state index contributed by atoms with van der Waals surface area (Å²) in [6, 6.07) is 17.4. The van der Waals surface area contributed by atoms with Crippen LogP contribution in [-0.4, -0.2) is 103 Å². The van der Waals surface area contributed by atoms with Gasteiger partial charge in [-0.05, 0) is 57.6 Å². The highest BCUT2D eigenvalue weighted by Gasteiger charge is 2.34. The summed E-state index contributed by atoms with van der Waals surface area (Å²) >= 11 is 0. The molecule has 14 nitrogen and oxygen atoms in total. The molecule has 1 saturated heterocycles. The Bertz CT molecular complexity index is 1370. The molecule has 1 aliphatic heterocycles. The highest BCUT2D eigenvalue weighted by atomic mass is 16.6. The Hall–Kier alpha value is -4.85. The number of nitrogens with zero attached hydrogens (tertiary/aromatic N) is 2. The minimum Gasteiger partial charge on any atom is -0.445 e. The molecule has 14 heteroatoms. The van der Waals surface area contributed by atoms with Crippen molar-refractivity contribution in [2.24, 2.45) is 5.92 Å². The zero-order valence-electron chi connectivity index (χ0n) is 29.2. The molecule has 0 saturated carbocycles. The molecule has 1 fully saturated rings. The Morgan fingerprint density at radius 3 is 2.02 bits per heavy atom. The number of amides is 5. The van der Waals surface area contributed by atoms with Crippen molar-refractivity contribution < 1.29 is 43.3 Å². The number of hydrogen-bond donors (Lipinski definition) is 4. The van der Waals surface area contributed by atoms with Crippen molar-refractivity contribution in [3.63, 3.8) is 0 Å². The van der Waals surface area contributed by atoms with Gasteiger partial charge in [0.2, 0.25) is 11.8 Å². The molecule has 0 bridgehead atoms. The molecule has 274 valence electrons. The van der Waals surface area contributed by atoms with Crippen molar-refractivity contribution in [3.8, 4) is 0 Å². The van der Waals surface area contributed by atoms with Crippen LogP contribution in [0.1, 0.15) is 57.6 Å². The molecular formula is C36H51N5O9. The van der Waals surface area contributed by atoms with Gasteiger partial charge < -0.3 is 45.1 Å². The number of likely N-dealkylation sites (tertiary alicyclic amines) is 1. The van der Waals surface area contributed by atoms with Crippen LogP contribution in [-0.2, 0) is 37.0 Å². The fourth-order valence-electron chi connectivity index (χ4n) is 5.24. The first-order valence-corrected chi connectivity index (χ1v) is 17.0. The second-order valence-corrected chi connectivity index (χ2v) is 13.0. The number of aliphatic hydroxyl groups is 1. The molecule has 1 heterocycles. The van der Waals surface area contributed by atoms with Crippen LogP contribution in [0.4, 0.5) is 14.4 Å². The number of alkyl carbamates (subject to hydrolysis) is 2. The van der Waals surface area contributed by atoms with E-state index in [-0.39, 0.29) is 59.0 Å². The molecule has 0 radical (unpaired) electrons.